The van der Waals surface area contributed by atoms with Crippen molar-refractivity contribution in [3.05, 3.63) is 42.5 Å². The van der Waals surface area contributed by atoms with Gasteiger partial charge in [0.2, 0.25) is 0 Å². The average molecular weight is 322 g/mol. The van der Waals surface area contributed by atoms with Crippen molar-refractivity contribution in [2.75, 3.05) is 19.5 Å². The minimum atomic E-state index is -3.22. The van der Waals surface area contributed by atoms with Crippen molar-refractivity contribution in [1.29, 1.82) is 0 Å². The summed E-state index contributed by atoms with van der Waals surface area (Å²) in [5, 5.41) is 0. The molecule has 1 fully saturated rings. The molecule has 5 heteroatoms. The first-order valence-electron chi connectivity index (χ1n) is 7.46. The maximum absolute atomic E-state index is 12.2. The van der Waals surface area contributed by atoms with Gasteiger partial charge in [-0.3, -0.25) is 4.79 Å². The summed E-state index contributed by atoms with van der Waals surface area (Å²) in [4.78, 5) is 12.5. The number of ether oxygens (including phenoxy) is 1. The molecule has 1 saturated heterocycles. The molecule has 2 rings (SSSR count). The topological polar surface area (TPSA) is 60.4 Å². The molecule has 1 aliphatic heterocycles. The van der Waals surface area contributed by atoms with Gasteiger partial charge < -0.3 is 4.74 Å². The molecule has 0 spiro atoms. The van der Waals surface area contributed by atoms with E-state index in [-0.39, 0.29) is 16.6 Å². The highest BCUT2D eigenvalue weighted by Crippen LogP contribution is 2.31. The molecule has 1 heterocycles. The first-order chi connectivity index (χ1) is 10.4. The fourth-order valence-corrected chi connectivity index (χ4v) is 3.45. The van der Waals surface area contributed by atoms with E-state index >= 15 is 0 Å². The molecule has 1 aromatic rings. The van der Waals surface area contributed by atoms with Crippen LogP contribution in [0.3, 0.4) is 0 Å². The summed E-state index contributed by atoms with van der Waals surface area (Å²) >= 11 is 0. The molecule has 22 heavy (non-hydrogen) atoms. The van der Waals surface area contributed by atoms with Gasteiger partial charge in [0, 0.05) is 25.4 Å². The van der Waals surface area contributed by atoms with E-state index in [0.717, 1.165) is 38.0 Å². The zero-order valence-electron chi connectivity index (χ0n) is 12.8. The molecule has 0 N–H and O–H groups in total. The highest BCUT2D eigenvalue weighted by molar-refractivity contribution is 7.90. The van der Waals surface area contributed by atoms with Gasteiger partial charge in [-0.05, 0) is 49.0 Å². The Kier molecular flexibility index (Phi) is 5.53. The van der Waals surface area contributed by atoms with E-state index in [0.29, 0.717) is 5.92 Å². The van der Waals surface area contributed by atoms with E-state index in [1.807, 2.05) is 0 Å². The standard InChI is InChI=1S/C17H22O4S/c1-3-17(18)16(12-13-8-10-21-11-9-13)14-4-6-15(7-5-14)22(2,19)20/h3-7,13,16H,1,8-12H2,2H3. The molecule has 120 valence electrons. The smallest absolute Gasteiger partial charge is 0.175 e. The predicted molar refractivity (Wildman–Crippen MR) is 85.7 cm³/mol. The second-order valence-corrected chi connectivity index (χ2v) is 7.81. The van der Waals surface area contributed by atoms with Gasteiger partial charge in [-0.15, -0.1) is 0 Å². The summed E-state index contributed by atoms with van der Waals surface area (Å²) in [6.07, 6.45) is 5.21. The largest absolute Gasteiger partial charge is 0.381 e. The summed E-state index contributed by atoms with van der Waals surface area (Å²) in [7, 11) is -3.22. The summed E-state index contributed by atoms with van der Waals surface area (Å²) in [5.74, 6) is 0.185. The van der Waals surface area contributed by atoms with Crippen molar-refractivity contribution in [3.63, 3.8) is 0 Å². The number of carbonyl (C=O) groups excluding carboxylic acids is 1. The van der Waals surface area contributed by atoms with Crippen LogP contribution in [-0.4, -0.2) is 33.7 Å². The van der Waals surface area contributed by atoms with E-state index in [2.05, 4.69) is 6.58 Å². The maximum Gasteiger partial charge on any atom is 0.175 e. The molecule has 1 aromatic carbocycles. The Balaban J connectivity index is 2.21. The molecule has 0 radical (unpaired) electrons. The number of hydrogen-bond acceptors (Lipinski definition) is 4. The van der Waals surface area contributed by atoms with Crippen molar-refractivity contribution in [2.45, 2.75) is 30.1 Å². The molecular formula is C17H22O4S. The molecule has 0 aliphatic carbocycles. The van der Waals surface area contributed by atoms with Crippen LogP contribution in [0.2, 0.25) is 0 Å². The van der Waals surface area contributed by atoms with Gasteiger partial charge in [0.25, 0.3) is 0 Å². The summed E-state index contributed by atoms with van der Waals surface area (Å²) in [6, 6.07) is 6.61. The van der Waals surface area contributed by atoms with Crippen LogP contribution in [0.4, 0.5) is 0 Å². The fraction of sp³-hybridized carbons (Fsp3) is 0.471. The molecule has 1 unspecified atom stereocenters. The van der Waals surface area contributed by atoms with Gasteiger partial charge in [0.15, 0.2) is 15.6 Å². The molecule has 0 saturated carbocycles. The zero-order valence-corrected chi connectivity index (χ0v) is 13.6. The summed E-state index contributed by atoms with van der Waals surface area (Å²) in [6.45, 7) is 5.07. The molecule has 4 nitrogen and oxygen atoms in total. The lowest BCUT2D eigenvalue weighted by atomic mass is 9.83. The number of rotatable bonds is 6. The minimum Gasteiger partial charge on any atom is -0.381 e. The minimum absolute atomic E-state index is 0.0152. The van der Waals surface area contributed by atoms with Crippen LogP contribution >= 0.6 is 0 Å². The maximum atomic E-state index is 12.2. The van der Waals surface area contributed by atoms with Gasteiger partial charge in [-0.25, -0.2) is 8.42 Å². The third-order valence-electron chi connectivity index (χ3n) is 4.17. The number of benzene rings is 1. The molecule has 1 aliphatic rings. The van der Waals surface area contributed by atoms with Crippen molar-refractivity contribution in [2.24, 2.45) is 5.92 Å². The lowest BCUT2D eigenvalue weighted by Gasteiger charge is -2.25. The van der Waals surface area contributed by atoms with Crippen LogP contribution in [0.5, 0.6) is 0 Å². The van der Waals surface area contributed by atoms with Crippen LogP contribution in [0.25, 0.3) is 0 Å². The Hall–Kier alpha value is -1.46. The van der Waals surface area contributed by atoms with Gasteiger partial charge >= 0.3 is 0 Å². The second-order valence-electron chi connectivity index (χ2n) is 5.79. The zero-order chi connectivity index (χ0) is 16.2. The Labute approximate surface area is 132 Å². The Morgan fingerprint density at radius 1 is 1.32 bits per heavy atom. The van der Waals surface area contributed by atoms with Crippen LogP contribution in [0, 0.1) is 5.92 Å². The van der Waals surface area contributed by atoms with E-state index in [4.69, 9.17) is 4.74 Å². The van der Waals surface area contributed by atoms with Gasteiger partial charge in [-0.1, -0.05) is 18.7 Å². The Morgan fingerprint density at radius 3 is 2.41 bits per heavy atom. The SMILES string of the molecule is C=CC(=O)C(CC1CCOCC1)c1ccc(S(C)(=O)=O)cc1. The Bertz CT molecular complexity index is 625. The van der Waals surface area contributed by atoms with Crippen LogP contribution in [0.15, 0.2) is 41.8 Å². The van der Waals surface area contributed by atoms with Crippen molar-refractivity contribution in [3.8, 4) is 0 Å². The predicted octanol–water partition coefficient (Wildman–Crippen LogP) is 2.75. The molecule has 0 aromatic heterocycles. The molecule has 1 atom stereocenters. The molecular weight excluding hydrogens is 300 g/mol. The first kappa shape index (κ1) is 16.9. The van der Waals surface area contributed by atoms with Gasteiger partial charge in [0.1, 0.15) is 0 Å². The van der Waals surface area contributed by atoms with Crippen LogP contribution in [0.1, 0.15) is 30.7 Å². The van der Waals surface area contributed by atoms with Gasteiger partial charge in [0.05, 0.1) is 4.90 Å². The number of hydrogen-bond donors (Lipinski definition) is 0. The van der Waals surface area contributed by atoms with E-state index in [1.165, 1.54) is 12.3 Å². The summed E-state index contributed by atoms with van der Waals surface area (Å²) in [5.41, 5.74) is 0.851. The Morgan fingerprint density at radius 2 is 1.91 bits per heavy atom. The van der Waals surface area contributed by atoms with E-state index < -0.39 is 9.84 Å². The third-order valence-corrected chi connectivity index (χ3v) is 5.29. The van der Waals surface area contributed by atoms with E-state index in [9.17, 15) is 13.2 Å². The lowest BCUT2D eigenvalue weighted by molar-refractivity contribution is -0.116. The normalized spacial score (nSPS) is 17.9. The number of sulfone groups is 1. The van der Waals surface area contributed by atoms with Crippen molar-refractivity contribution >= 4 is 15.6 Å². The van der Waals surface area contributed by atoms with Crippen LogP contribution < -0.4 is 0 Å². The number of ketones is 1. The number of allylic oxidation sites excluding steroid dienone is 1. The number of carbonyl (C=O) groups is 1. The van der Waals surface area contributed by atoms with E-state index in [1.54, 1.807) is 24.3 Å². The average Bonchev–Trinajstić information content (AvgIpc) is 2.52. The monoisotopic (exact) mass is 322 g/mol. The quantitative estimate of drug-likeness (QED) is 0.756. The van der Waals surface area contributed by atoms with Crippen molar-refractivity contribution < 1.29 is 17.9 Å². The third kappa shape index (κ3) is 4.27. The van der Waals surface area contributed by atoms with Crippen LogP contribution in [-0.2, 0) is 19.4 Å². The second kappa shape index (κ2) is 7.20. The fourth-order valence-electron chi connectivity index (χ4n) is 2.82. The molecule has 0 bridgehead atoms. The molecule has 0 amide bonds. The highest BCUT2D eigenvalue weighted by Gasteiger charge is 2.24. The lowest BCUT2D eigenvalue weighted by Crippen LogP contribution is -2.21. The van der Waals surface area contributed by atoms with Gasteiger partial charge in [-0.2, -0.15) is 0 Å². The highest BCUT2D eigenvalue weighted by atomic mass is 32.2. The summed E-state index contributed by atoms with van der Waals surface area (Å²) < 4.78 is 28.4. The van der Waals surface area contributed by atoms with Crippen molar-refractivity contribution in [1.82, 2.24) is 0 Å². The first-order valence-corrected chi connectivity index (χ1v) is 9.35.